The first-order valence-corrected chi connectivity index (χ1v) is 10.9. The van der Waals surface area contributed by atoms with Crippen LogP contribution in [0.2, 0.25) is 0 Å². The molecular formula is C19H22N5OS2+. The molecule has 8 heteroatoms. The molecule has 3 heterocycles. The van der Waals surface area contributed by atoms with Crippen LogP contribution >= 0.6 is 23.1 Å². The molecule has 4 rings (SSSR count). The Kier molecular flexibility index (Phi) is 5.86. The molecule has 1 saturated heterocycles. The summed E-state index contributed by atoms with van der Waals surface area (Å²) in [6.07, 6.45) is 0. The van der Waals surface area contributed by atoms with Crippen LogP contribution in [0.4, 0.5) is 0 Å². The second kappa shape index (κ2) is 8.69. The predicted molar refractivity (Wildman–Crippen MR) is 108 cm³/mol. The second-order valence-electron chi connectivity index (χ2n) is 6.53. The highest BCUT2D eigenvalue weighted by Crippen LogP contribution is 2.23. The van der Waals surface area contributed by atoms with Gasteiger partial charge in [0, 0.05) is 5.56 Å². The highest BCUT2D eigenvalue weighted by Gasteiger charge is 2.24. The Hall–Kier alpha value is -2.16. The van der Waals surface area contributed by atoms with Gasteiger partial charge in [-0.2, -0.15) is 0 Å². The van der Waals surface area contributed by atoms with Crippen LogP contribution in [0.3, 0.4) is 0 Å². The summed E-state index contributed by atoms with van der Waals surface area (Å²) >= 11 is 3.01. The third kappa shape index (κ3) is 4.77. The maximum absolute atomic E-state index is 12.5. The van der Waals surface area contributed by atoms with E-state index >= 15 is 0 Å². The number of hydrogen-bond acceptors (Lipinski definition) is 5. The first-order chi connectivity index (χ1) is 13.3. The molecule has 6 nitrogen and oxygen atoms in total. The second-order valence-corrected chi connectivity index (χ2v) is 8.42. The van der Waals surface area contributed by atoms with E-state index in [1.54, 1.807) is 11.3 Å². The Balaban J connectivity index is 1.23. The Morgan fingerprint density at radius 1 is 1.19 bits per heavy atom. The van der Waals surface area contributed by atoms with E-state index in [-0.39, 0.29) is 5.91 Å². The molecule has 2 N–H and O–H groups in total. The Morgan fingerprint density at radius 2 is 2.00 bits per heavy atom. The fourth-order valence-corrected chi connectivity index (χ4v) is 4.55. The lowest BCUT2D eigenvalue weighted by Gasteiger charge is -2.32. The lowest BCUT2D eigenvalue weighted by molar-refractivity contribution is -0.917. The van der Waals surface area contributed by atoms with Crippen LogP contribution in [0, 0.1) is 0 Å². The molecule has 1 aromatic carbocycles. The average Bonchev–Trinajstić information content (AvgIpc) is 3.39. The summed E-state index contributed by atoms with van der Waals surface area (Å²) in [5.41, 5.74) is 1.36. The van der Waals surface area contributed by atoms with Crippen molar-refractivity contribution in [1.29, 1.82) is 0 Å². The summed E-state index contributed by atoms with van der Waals surface area (Å²) < 4.78 is 0. The summed E-state index contributed by atoms with van der Waals surface area (Å²) in [6, 6.07) is 14.5. The Bertz CT molecular complexity index is 857. The largest absolute Gasteiger partial charge is 0.331 e. The number of nitrogens with one attached hydrogen (secondary N) is 2. The van der Waals surface area contributed by atoms with Crippen molar-refractivity contribution in [2.75, 3.05) is 31.9 Å². The van der Waals surface area contributed by atoms with Crippen LogP contribution < -0.4 is 4.90 Å². The molecule has 140 valence electrons. The van der Waals surface area contributed by atoms with E-state index in [1.807, 2.05) is 28.5 Å². The molecular weight excluding hydrogens is 378 g/mol. The van der Waals surface area contributed by atoms with Gasteiger partial charge in [0.05, 0.1) is 36.8 Å². The zero-order valence-electron chi connectivity index (χ0n) is 14.9. The zero-order valence-corrected chi connectivity index (χ0v) is 16.6. The van der Waals surface area contributed by atoms with Crippen LogP contribution in [0.15, 0.2) is 53.0 Å². The van der Waals surface area contributed by atoms with E-state index in [4.69, 9.17) is 0 Å². The van der Waals surface area contributed by atoms with E-state index in [9.17, 15) is 4.79 Å². The number of aromatic nitrogens is 3. The summed E-state index contributed by atoms with van der Waals surface area (Å²) in [5, 5.41) is 9.78. The molecule has 1 amide bonds. The summed E-state index contributed by atoms with van der Waals surface area (Å²) in [6.45, 7) is 4.65. The molecule has 3 aromatic rings. The van der Waals surface area contributed by atoms with Gasteiger partial charge in [-0.3, -0.25) is 9.89 Å². The number of thiophene rings is 1. The standard InChI is InChI=1S/C19H21N5OS2/c25-17(14-27-19-20-18(21-22-19)16-7-4-12-26-16)24-10-8-23(9-11-24)13-15-5-2-1-3-6-15/h1-7,12H,8-11,13-14H2,(H,20,21,22)/p+1. The molecule has 0 spiro atoms. The topological polar surface area (TPSA) is 66.3 Å². The number of quaternary nitrogens is 1. The predicted octanol–water partition coefficient (Wildman–Crippen LogP) is 1.55. The number of aromatic amines is 1. The van der Waals surface area contributed by atoms with E-state index in [0.29, 0.717) is 10.9 Å². The molecule has 0 radical (unpaired) electrons. The van der Waals surface area contributed by atoms with Crippen molar-refractivity contribution in [3.05, 3.63) is 53.4 Å². The maximum atomic E-state index is 12.5. The van der Waals surface area contributed by atoms with Crippen LogP contribution in [-0.4, -0.2) is 57.9 Å². The molecule has 0 aliphatic carbocycles. The van der Waals surface area contributed by atoms with Crippen molar-refractivity contribution in [1.82, 2.24) is 20.1 Å². The highest BCUT2D eigenvalue weighted by molar-refractivity contribution is 7.99. The first kappa shape index (κ1) is 18.2. The number of piperazine rings is 1. The van der Waals surface area contributed by atoms with Gasteiger partial charge in [0.1, 0.15) is 6.54 Å². The van der Waals surface area contributed by atoms with Crippen molar-refractivity contribution >= 4 is 29.0 Å². The number of benzene rings is 1. The number of amides is 1. The zero-order chi connectivity index (χ0) is 18.5. The molecule has 1 aliphatic heterocycles. The normalized spacial score (nSPS) is 15.2. The minimum Gasteiger partial charge on any atom is -0.331 e. The van der Waals surface area contributed by atoms with Gasteiger partial charge in [-0.15, -0.1) is 16.4 Å². The molecule has 2 aromatic heterocycles. The van der Waals surface area contributed by atoms with Crippen molar-refractivity contribution in [2.45, 2.75) is 11.7 Å². The summed E-state index contributed by atoms with van der Waals surface area (Å²) in [7, 11) is 0. The van der Waals surface area contributed by atoms with E-state index < -0.39 is 0 Å². The van der Waals surface area contributed by atoms with Gasteiger partial charge in [0.2, 0.25) is 11.1 Å². The maximum Gasteiger partial charge on any atom is 0.233 e. The van der Waals surface area contributed by atoms with Crippen molar-refractivity contribution in [3.8, 4) is 10.7 Å². The van der Waals surface area contributed by atoms with Gasteiger partial charge in [-0.25, -0.2) is 4.98 Å². The molecule has 1 aliphatic rings. The minimum atomic E-state index is 0.168. The van der Waals surface area contributed by atoms with E-state index in [0.717, 1.165) is 43.4 Å². The number of carbonyl (C=O) groups excluding carboxylic acids is 1. The number of rotatable bonds is 6. The summed E-state index contributed by atoms with van der Waals surface area (Å²) in [4.78, 5) is 21.5. The van der Waals surface area contributed by atoms with Crippen LogP contribution in [0.5, 0.6) is 0 Å². The lowest BCUT2D eigenvalue weighted by Crippen LogP contribution is -3.13. The van der Waals surface area contributed by atoms with Gasteiger partial charge in [-0.05, 0) is 11.4 Å². The van der Waals surface area contributed by atoms with Gasteiger partial charge in [0.15, 0.2) is 5.82 Å². The van der Waals surface area contributed by atoms with Crippen LogP contribution in [-0.2, 0) is 11.3 Å². The average molecular weight is 401 g/mol. The monoisotopic (exact) mass is 400 g/mol. The highest BCUT2D eigenvalue weighted by atomic mass is 32.2. The fourth-order valence-electron chi connectivity index (χ4n) is 3.19. The smallest absolute Gasteiger partial charge is 0.233 e. The number of thioether (sulfide) groups is 1. The fraction of sp³-hybridized carbons (Fsp3) is 0.316. The number of H-pyrrole nitrogens is 1. The van der Waals surface area contributed by atoms with Gasteiger partial charge < -0.3 is 9.80 Å². The van der Waals surface area contributed by atoms with E-state index in [2.05, 4.69) is 39.4 Å². The quantitative estimate of drug-likeness (QED) is 0.616. The minimum absolute atomic E-state index is 0.168. The molecule has 1 fully saturated rings. The van der Waals surface area contributed by atoms with Crippen LogP contribution in [0.25, 0.3) is 10.7 Å². The Morgan fingerprint density at radius 3 is 2.74 bits per heavy atom. The number of carbonyl (C=O) groups is 1. The summed E-state index contributed by atoms with van der Waals surface area (Å²) in [5.74, 6) is 1.31. The van der Waals surface area contributed by atoms with Gasteiger partial charge in [-0.1, -0.05) is 48.2 Å². The third-order valence-electron chi connectivity index (χ3n) is 4.66. The molecule has 0 saturated carbocycles. The number of nitrogens with zero attached hydrogens (tertiary/aromatic N) is 3. The van der Waals surface area contributed by atoms with Gasteiger partial charge >= 0.3 is 0 Å². The Labute approximate surface area is 166 Å². The lowest BCUT2D eigenvalue weighted by atomic mass is 10.2. The molecule has 0 bridgehead atoms. The molecule has 27 heavy (non-hydrogen) atoms. The SMILES string of the molecule is O=C(CSc1n[nH]c(-c2cccs2)n1)N1CC[NH+](Cc2ccccc2)CC1. The molecule has 0 unspecified atom stereocenters. The first-order valence-electron chi connectivity index (χ1n) is 9.02. The van der Waals surface area contributed by atoms with Crippen molar-refractivity contribution in [3.63, 3.8) is 0 Å². The molecule has 0 atom stereocenters. The van der Waals surface area contributed by atoms with E-state index in [1.165, 1.54) is 22.2 Å². The van der Waals surface area contributed by atoms with Gasteiger partial charge in [0.25, 0.3) is 0 Å². The van der Waals surface area contributed by atoms with Crippen LogP contribution in [0.1, 0.15) is 5.56 Å². The third-order valence-corrected chi connectivity index (χ3v) is 6.37. The van der Waals surface area contributed by atoms with Crippen molar-refractivity contribution in [2.24, 2.45) is 0 Å². The number of hydrogen-bond donors (Lipinski definition) is 2. The van der Waals surface area contributed by atoms with Crippen molar-refractivity contribution < 1.29 is 9.69 Å².